The molecule has 1 amide bonds. The Kier molecular flexibility index (Phi) is 4.04. The van der Waals surface area contributed by atoms with E-state index in [-0.39, 0.29) is 5.91 Å². The minimum absolute atomic E-state index is 0.0794. The van der Waals surface area contributed by atoms with Gasteiger partial charge in [-0.2, -0.15) is 0 Å². The van der Waals surface area contributed by atoms with Crippen molar-refractivity contribution in [2.75, 3.05) is 19.4 Å². The molecule has 114 valence electrons. The number of fused-ring (bicyclic) bond motifs is 1. The third-order valence-corrected chi connectivity index (χ3v) is 4.98. The molecule has 3 rings (SSSR count). The fraction of sp³-hybridized carbons (Fsp3) is 0.588. The van der Waals surface area contributed by atoms with Gasteiger partial charge in [0.15, 0.2) is 5.75 Å². The summed E-state index contributed by atoms with van der Waals surface area (Å²) in [5.74, 6) is 1.28. The molecule has 0 aromatic heterocycles. The maximum atomic E-state index is 13.0. The zero-order valence-electron chi connectivity index (χ0n) is 12.7. The molecule has 4 nitrogen and oxygen atoms in total. The first-order chi connectivity index (χ1) is 10.2. The van der Waals surface area contributed by atoms with Crippen molar-refractivity contribution >= 4 is 11.6 Å². The summed E-state index contributed by atoms with van der Waals surface area (Å²) < 4.78 is 5.35. The Labute approximate surface area is 126 Å². The Morgan fingerprint density at radius 2 is 2.00 bits per heavy atom. The van der Waals surface area contributed by atoms with Gasteiger partial charge in [0.2, 0.25) is 0 Å². The van der Waals surface area contributed by atoms with E-state index in [0.717, 1.165) is 19.4 Å². The van der Waals surface area contributed by atoms with Crippen molar-refractivity contribution in [3.63, 3.8) is 0 Å². The number of anilines is 1. The molecule has 1 saturated heterocycles. The average Bonchev–Trinajstić information content (AvgIpc) is 2.53. The molecule has 0 unspecified atom stereocenters. The van der Waals surface area contributed by atoms with E-state index in [4.69, 9.17) is 10.5 Å². The van der Waals surface area contributed by atoms with Gasteiger partial charge >= 0.3 is 0 Å². The number of ether oxygens (including phenoxy) is 1. The van der Waals surface area contributed by atoms with Crippen LogP contribution in [0.4, 0.5) is 5.69 Å². The van der Waals surface area contributed by atoms with Gasteiger partial charge in [0, 0.05) is 12.6 Å². The SMILES string of the molecule is COc1c(N)cccc1C(=O)N1CCC[C@H]2CCCC[C@H]21. The molecule has 2 atom stereocenters. The molecule has 4 heteroatoms. The zero-order chi connectivity index (χ0) is 14.8. The predicted molar refractivity (Wildman–Crippen MR) is 83.4 cm³/mol. The fourth-order valence-electron chi connectivity index (χ4n) is 3.98. The summed E-state index contributed by atoms with van der Waals surface area (Å²) in [6.45, 7) is 0.859. The predicted octanol–water partition coefficient (Wildman–Crippen LogP) is 3.07. The van der Waals surface area contributed by atoms with Crippen LogP contribution in [0.15, 0.2) is 18.2 Å². The first-order valence-electron chi connectivity index (χ1n) is 7.96. The molecule has 1 aromatic rings. The van der Waals surface area contributed by atoms with E-state index < -0.39 is 0 Å². The van der Waals surface area contributed by atoms with Gasteiger partial charge in [0.1, 0.15) is 0 Å². The fourth-order valence-corrected chi connectivity index (χ4v) is 3.98. The van der Waals surface area contributed by atoms with Gasteiger partial charge in [-0.1, -0.05) is 18.9 Å². The number of para-hydroxylation sites is 1. The van der Waals surface area contributed by atoms with E-state index in [1.807, 2.05) is 12.1 Å². The number of hydrogen-bond acceptors (Lipinski definition) is 3. The number of nitrogens with two attached hydrogens (primary N) is 1. The molecule has 21 heavy (non-hydrogen) atoms. The van der Waals surface area contributed by atoms with Gasteiger partial charge in [0.05, 0.1) is 18.4 Å². The second-order valence-electron chi connectivity index (χ2n) is 6.18. The number of amides is 1. The second-order valence-corrected chi connectivity index (χ2v) is 6.18. The Morgan fingerprint density at radius 1 is 1.24 bits per heavy atom. The quantitative estimate of drug-likeness (QED) is 0.851. The Bertz CT molecular complexity index is 528. The van der Waals surface area contributed by atoms with Gasteiger partial charge < -0.3 is 15.4 Å². The number of hydrogen-bond donors (Lipinski definition) is 1. The lowest BCUT2D eigenvalue weighted by Crippen LogP contribution is -2.49. The van der Waals surface area contributed by atoms with Gasteiger partial charge in [-0.25, -0.2) is 0 Å². The van der Waals surface area contributed by atoms with Crippen LogP contribution in [-0.4, -0.2) is 30.5 Å². The molecule has 2 aliphatic rings. The van der Waals surface area contributed by atoms with Crippen molar-refractivity contribution < 1.29 is 9.53 Å². The van der Waals surface area contributed by atoms with Crippen LogP contribution in [0.25, 0.3) is 0 Å². The normalized spacial score (nSPS) is 25.3. The maximum absolute atomic E-state index is 13.0. The number of carbonyl (C=O) groups excluding carboxylic acids is 1. The van der Waals surface area contributed by atoms with Crippen LogP contribution in [0.5, 0.6) is 5.75 Å². The minimum Gasteiger partial charge on any atom is -0.494 e. The summed E-state index contributed by atoms with van der Waals surface area (Å²) in [7, 11) is 1.57. The van der Waals surface area contributed by atoms with E-state index in [1.165, 1.54) is 25.7 Å². The van der Waals surface area contributed by atoms with Gasteiger partial charge in [-0.05, 0) is 43.7 Å². The molecule has 0 spiro atoms. The van der Waals surface area contributed by atoms with Crippen molar-refractivity contribution in [1.29, 1.82) is 0 Å². The lowest BCUT2D eigenvalue weighted by atomic mass is 9.78. The van der Waals surface area contributed by atoms with E-state index >= 15 is 0 Å². The smallest absolute Gasteiger partial charge is 0.257 e. The lowest BCUT2D eigenvalue weighted by molar-refractivity contribution is 0.0388. The van der Waals surface area contributed by atoms with Crippen molar-refractivity contribution in [2.45, 2.75) is 44.6 Å². The molecular formula is C17H24N2O2. The van der Waals surface area contributed by atoms with E-state index in [1.54, 1.807) is 13.2 Å². The topological polar surface area (TPSA) is 55.6 Å². The molecule has 2 N–H and O–H groups in total. The van der Waals surface area contributed by atoms with E-state index in [9.17, 15) is 4.79 Å². The molecule has 0 radical (unpaired) electrons. The Hall–Kier alpha value is -1.71. The number of rotatable bonds is 2. The highest BCUT2D eigenvalue weighted by atomic mass is 16.5. The number of likely N-dealkylation sites (tertiary alicyclic amines) is 1. The third kappa shape index (κ3) is 2.59. The number of piperidine rings is 1. The monoisotopic (exact) mass is 288 g/mol. The molecule has 1 aliphatic carbocycles. The van der Waals surface area contributed by atoms with E-state index in [2.05, 4.69) is 4.90 Å². The highest BCUT2D eigenvalue weighted by molar-refractivity contribution is 5.98. The summed E-state index contributed by atoms with van der Waals surface area (Å²) in [4.78, 5) is 15.1. The largest absolute Gasteiger partial charge is 0.494 e. The highest BCUT2D eigenvalue weighted by Gasteiger charge is 2.36. The maximum Gasteiger partial charge on any atom is 0.257 e. The van der Waals surface area contributed by atoms with Crippen LogP contribution < -0.4 is 10.5 Å². The summed E-state index contributed by atoms with van der Waals surface area (Å²) in [5, 5.41) is 0. The van der Waals surface area contributed by atoms with Crippen LogP contribution in [-0.2, 0) is 0 Å². The molecule has 1 aliphatic heterocycles. The molecule has 1 heterocycles. The molecule has 1 saturated carbocycles. The summed E-state index contributed by atoms with van der Waals surface area (Å²) in [5.41, 5.74) is 7.06. The lowest BCUT2D eigenvalue weighted by Gasteiger charge is -2.44. The average molecular weight is 288 g/mol. The van der Waals surface area contributed by atoms with Crippen molar-refractivity contribution in [3.05, 3.63) is 23.8 Å². The van der Waals surface area contributed by atoms with Crippen LogP contribution in [0.3, 0.4) is 0 Å². The summed E-state index contributed by atoms with van der Waals surface area (Å²) in [6, 6.07) is 5.83. The Balaban J connectivity index is 1.89. The molecular weight excluding hydrogens is 264 g/mol. The van der Waals surface area contributed by atoms with Gasteiger partial charge in [-0.15, -0.1) is 0 Å². The summed E-state index contributed by atoms with van der Waals surface area (Å²) >= 11 is 0. The van der Waals surface area contributed by atoms with Crippen LogP contribution in [0.1, 0.15) is 48.9 Å². The van der Waals surface area contributed by atoms with Gasteiger partial charge in [0.25, 0.3) is 5.91 Å². The Morgan fingerprint density at radius 3 is 2.81 bits per heavy atom. The van der Waals surface area contributed by atoms with Gasteiger partial charge in [-0.3, -0.25) is 4.79 Å². The van der Waals surface area contributed by atoms with Crippen LogP contribution in [0.2, 0.25) is 0 Å². The number of benzene rings is 1. The first-order valence-corrected chi connectivity index (χ1v) is 7.96. The molecule has 1 aromatic carbocycles. The molecule has 0 bridgehead atoms. The standard InChI is InChI=1S/C17H24N2O2/c1-21-16-13(8-4-9-14(16)18)17(20)19-11-5-7-12-6-2-3-10-15(12)19/h4,8-9,12,15H,2-3,5-7,10-11,18H2,1H3/t12-,15-/m1/s1. The second kappa shape index (κ2) is 5.96. The molecule has 2 fully saturated rings. The van der Waals surface area contributed by atoms with Crippen LogP contribution >= 0.6 is 0 Å². The zero-order valence-corrected chi connectivity index (χ0v) is 12.7. The third-order valence-electron chi connectivity index (χ3n) is 4.98. The number of nitrogen functional groups attached to an aromatic ring is 1. The van der Waals surface area contributed by atoms with Crippen molar-refractivity contribution in [3.8, 4) is 5.75 Å². The number of methoxy groups -OCH3 is 1. The number of nitrogens with zero attached hydrogens (tertiary/aromatic N) is 1. The van der Waals surface area contributed by atoms with Crippen LogP contribution in [0, 0.1) is 5.92 Å². The number of carbonyl (C=O) groups is 1. The van der Waals surface area contributed by atoms with E-state index in [0.29, 0.717) is 29.0 Å². The summed E-state index contributed by atoms with van der Waals surface area (Å²) in [6.07, 6.45) is 7.33. The van der Waals surface area contributed by atoms with Crippen molar-refractivity contribution in [1.82, 2.24) is 4.90 Å². The minimum atomic E-state index is 0.0794. The van der Waals surface area contributed by atoms with Crippen molar-refractivity contribution in [2.24, 2.45) is 5.92 Å². The highest BCUT2D eigenvalue weighted by Crippen LogP contribution is 2.37. The first kappa shape index (κ1) is 14.2.